The first-order valence-electron chi connectivity index (χ1n) is 9.32. The van der Waals surface area contributed by atoms with Crippen LogP contribution < -0.4 is 9.62 Å². The van der Waals surface area contributed by atoms with Crippen LogP contribution in [-0.4, -0.2) is 36.6 Å². The van der Waals surface area contributed by atoms with Gasteiger partial charge in [-0.2, -0.15) is 5.11 Å². The fraction of sp³-hybridized carbons (Fsp3) is 0.200. The molecule has 1 heterocycles. The lowest BCUT2D eigenvalue weighted by atomic mass is 10.2. The van der Waals surface area contributed by atoms with E-state index in [1.807, 2.05) is 19.9 Å². The number of hydrogen-bond donors (Lipinski definition) is 2. The van der Waals surface area contributed by atoms with Crippen molar-refractivity contribution < 1.29 is 13.5 Å². The molecule has 0 bridgehead atoms. The molecule has 0 aliphatic heterocycles. The summed E-state index contributed by atoms with van der Waals surface area (Å²) in [6.07, 6.45) is 2.89. The minimum atomic E-state index is -3.81. The summed E-state index contributed by atoms with van der Waals surface area (Å²) in [6, 6.07) is 12.6. The molecule has 0 fully saturated rings. The van der Waals surface area contributed by atoms with Crippen LogP contribution in [0.1, 0.15) is 13.8 Å². The Morgan fingerprint density at radius 3 is 2.27 bits per heavy atom. The van der Waals surface area contributed by atoms with Gasteiger partial charge in [-0.05, 0) is 56.3 Å². The summed E-state index contributed by atoms with van der Waals surface area (Å²) in [6.45, 7) is 5.75. The highest BCUT2D eigenvalue weighted by atomic mass is 32.2. The molecule has 0 amide bonds. The average molecular weight is 427 g/mol. The molecule has 0 saturated heterocycles. The smallest absolute Gasteiger partial charge is 0.264 e. The second-order valence-corrected chi connectivity index (χ2v) is 7.90. The van der Waals surface area contributed by atoms with Crippen molar-refractivity contribution in [2.24, 2.45) is 10.2 Å². The summed E-state index contributed by atoms with van der Waals surface area (Å²) in [7, 11) is -3.81. The Hall–Kier alpha value is -3.53. The van der Waals surface area contributed by atoms with Crippen LogP contribution in [0.3, 0.4) is 0 Å². The summed E-state index contributed by atoms with van der Waals surface area (Å²) in [5, 5.41) is 18.4. The van der Waals surface area contributed by atoms with Crippen molar-refractivity contribution >= 4 is 33.0 Å². The number of benzene rings is 2. The molecule has 9 nitrogen and oxygen atoms in total. The summed E-state index contributed by atoms with van der Waals surface area (Å²) < 4.78 is 27.1. The Labute approximate surface area is 175 Å². The van der Waals surface area contributed by atoms with Crippen LogP contribution in [0.4, 0.5) is 23.0 Å². The van der Waals surface area contributed by atoms with E-state index in [-0.39, 0.29) is 16.6 Å². The van der Waals surface area contributed by atoms with E-state index in [0.717, 1.165) is 18.8 Å². The van der Waals surface area contributed by atoms with E-state index in [1.165, 1.54) is 36.7 Å². The summed E-state index contributed by atoms with van der Waals surface area (Å²) in [5.41, 5.74) is 1.67. The molecule has 2 aromatic carbocycles. The van der Waals surface area contributed by atoms with E-state index >= 15 is 0 Å². The zero-order chi connectivity index (χ0) is 21.6. The first-order chi connectivity index (χ1) is 14.4. The largest absolute Gasteiger partial charge is 0.506 e. The number of nitrogens with zero attached hydrogens (tertiary/aromatic N) is 5. The number of hydrogen-bond acceptors (Lipinski definition) is 8. The quantitative estimate of drug-likeness (QED) is 0.520. The molecule has 30 heavy (non-hydrogen) atoms. The van der Waals surface area contributed by atoms with Gasteiger partial charge in [-0.1, -0.05) is 0 Å². The Kier molecular flexibility index (Phi) is 6.58. The zero-order valence-electron chi connectivity index (χ0n) is 16.6. The zero-order valence-corrected chi connectivity index (χ0v) is 17.4. The van der Waals surface area contributed by atoms with Gasteiger partial charge >= 0.3 is 0 Å². The van der Waals surface area contributed by atoms with Gasteiger partial charge in [-0.25, -0.2) is 23.1 Å². The fourth-order valence-electron chi connectivity index (χ4n) is 2.72. The van der Waals surface area contributed by atoms with Crippen LogP contribution in [0.2, 0.25) is 0 Å². The lowest BCUT2D eigenvalue weighted by molar-refractivity contribution is 0.476. The van der Waals surface area contributed by atoms with E-state index < -0.39 is 10.0 Å². The third kappa shape index (κ3) is 5.09. The Morgan fingerprint density at radius 1 is 1.00 bits per heavy atom. The van der Waals surface area contributed by atoms with Crippen LogP contribution in [0.5, 0.6) is 5.75 Å². The van der Waals surface area contributed by atoms with Gasteiger partial charge in [0.25, 0.3) is 10.0 Å². The van der Waals surface area contributed by atoms with Crippen LogP contribution in [-0.2, 0) is 10.0 Å². The van der Waals surface area contributed by atoms with Crippen molar-refractivity contribution in [1.29, 1.82) is 0 Å². The number of rotatable bonds is 8. The minimum Gasteiger partial charge on any atom is -0.506 e. The highest BCUT2D eigenvalue weighted by molar-refractivity contribution is 7.92. The number of aromatic hydroxyl groups is 1. The highest BCUT2D eigenvalue weighted by Gasteiger charge is 2.15. The molecule has 3 rings (SSSR count). The van der Waals surface area contributed by atoms with Crippen LogP contribution in [0.15, 0.2) is 76.0 Å². The van der Waals surface area contributed by atoms with Gasteiger partial charge in [-0.15, -0.1) is 5.11 Å². The Morgan fingerprint density at radius 2 is 1.67 bits per heavy atom. The topological polar surface area (TPSA) is 120 Å². The van der Waals surface area contributed by atoms with Gasteiger partial charge in [-0.3, -0.25) is 0 Å². The average Bonchev–Trinajstić information content (AvgIpc) is 2.75. The maximum absolute atomic E-state index is 12.4. The normalized spacial score (nSPS) is 11.5. The summed E-state index contributed by atoms with van der Waals surface area (Å²) in [5.74, 6) is 0.0132. The molecular weight excluding hydrogens is 404 g/mol. The van der Waals surface area contributed by atoms with Crippen molar-refractivity contribution in [3.05, 3.63) is 60.9 Å². The number of phenolic OH excluding ortho intramolecular Hbond substituents is 1. The van der Waals surface area contributed by atoms with Crippen LogP contribution in [0.25, 0.3) is 0 Å². The maximum atomic E-state index is 12.4. The van der Waals surface area contributed by atoms with E-state index in [2.05, 4.69) is 29.8 Å². The number of anilines is 2. The first-order valence-corrected chi connectivity index (χ1v) is 10.8. The number of phenols is 1. The molecule has 156 valence electrons. The predicted molar refractivity (Wildman–Crippen MR) is 115 cm³/mol. The first kappa shape index (κ1) is 21.2. The van der Waals surface area contributed by atoms with Gasteiger partial charge < -0.3 is 10.0 Å². The molecule has 1 aromatic heterocycles. The number of aromatic nitrogens is 2. The monoisotopic (exact) mass is 426 g/mol. The van der Waals surface area contributed by atoms with Crippen molar-refractivity contribution in [1.82, 2.24) is 9.97 Å². The van der Waals surface area contributed by atoms with E-state index in [9.17, 15) is 13.5 Å². The molecule has 0 aliphatic carbocycles. The SMILES string of the molecule is CCN(CC)c1ccc(N=Nc2ccc(S(=O)(=O)Nc3ncccn3)cc2)c(O)c1. The van der Waals surface area contributed by atoms with Gasteiger partial charge in [0.1, 0.15) is 11.4 Å². The minimum absolute atomic E-state index is 0.00935. The molecule has 0 aliphatic rings. The van der Waals surface area contributed by atoms with Gasteiger partial charge in [0.2, 0.25) is 5.95 Å². The molecule has 0 spiro atoms. The standard InChI is InChI=1S/C20H22N6O3S/c1-3-26(4-2)16-8-11-18(19(27)14-16)24-23-15-6-9-17(10-7-15)30(28,29)25-20-21-12-5-13-22-20/h5-14,27H,3-4H2,1-2H3,(H,21,22,25). The van der Waals surface area contributed by atoms with Gasteiger partial charge in [0, 0.05) is 37.2 Å². The predicted octanol–water partition coefficient (Wildman–Crippen LogP) is 4.24. The Bertz CT molecular complexity index is 1120. The maximum Gasteiger partial charge on any atom is 0.264 e. The number of azo groups is 1. The molecule has 3 aromatic rings. The van der Waals surface area contributed by atoms with E-state index in [0.29, 0.717) is 11.4 Å². The number of sulfonamides is 1. The van der Waals surface area contributed by atoms with Crippen molar-refractivity contribution in [2.75, 3.05) is 22.7 Å². The third-order valence-corrected chi connectivity index (χ3v) is 5.64. The lowest BCUT2D eigenvalue weighted by Gasteiger charge is -2.21. The Balaban J connectivity index is 1.73. The van der Waals surface area contributed by atoms with Crippen LogP contribution in [0, 0.1) is 0 Å². The third-order valence-electron chi connectivity index (χ3n) is 4.30. The number of nitrogens with one attached hydrogen (secondary N) is 1. The van der Waals surface area contributed by atoms with E-state index in [1.54, 1.807) is 18.2 Å². The molecule has 0 atom stereocenters. The molecule has 10 heteroatoms. The molecule has 0 saturated carbocycles. The second kappa shape index (κ2) is 9.31. The van der Waals surface area contributed by atoms with Crippen LogP contribution >= 0.6 is 0 Å². The van der Waals surface area contributed by atoms with Gasteiger partial charge in [0.15, 0.2) is 0 Å². The highest BCUT2D eigenvalue weighted by Crippen LogP contribution is 2.32. The summed E-state index contributed by atoms with van der Waals surface area (Å²) >= 11 is 0. The molecule has 2 N–H and O–H groups in total. The van der Waals surface area contributed by atoms with Crippen molar-refractivity contribution in [3.8, 4) is 5.75 Å². The molecule has 0 unspecified atom stereocenters. The van der Waals surface area contributed by atoms with Gasteiger partial charge in [0.05, 0.1) is 10.6 Å². The fourth-order valence-corrected chi connectivity index (χ4v) is 3.67. The lowest BCUT2D eigenvalue weighted by Crippen LogP contribution is -2.21. The van der Waals surface area contributed by atoms with E-state index in [4.69, 9.17) is 0 Å². The van der Waals surface area contributed by atoms with Crippen molar-refractivity contribution in [3.63, 3.8) is 0 Å². The molecular formula is C20H22N6O3S. The molecule has 0 radical (unpaired) electrons. The van der Waals surface area contributed by atoms with Crippen molar-refractivity contribution in [2.45, 2.75) is 18.7 Å². The second-order valence-electron chi connectivity index (χ2n) is 6.22. The summed E-state index contributed by atoms with van der Waals surface area (Å²) in [4.78, 5) is 9.84.